The minimum Gasteiger partial charge on any atom is -0.298 e. The average Bonchev–Trinajstić information content (AvgIpc) is 2.41. The first-order chi connectivity index (χ1) is 9.34. The highest BCUT2D eigenvalue weighted by Gasteiger charge is 2.30. The maximum atomic E-state index is 12.7. The molecule has 2 rings (SSSR count). The minimum absolute atomic E-state index is 0. The lowest BCUT2D eigenvalue weighted by molar-refractivity contribution is 0.154. The molecule has 0 aliphatic carbocycles. The summed E-state index contributed by atoms with van der Waals surface area (Å²) in [6.07, 6.45) is 0. The molecule has 0 bridgehead atoms. The second kappa shape index (κ2) is 7.29. The molecular formula is C14H22Cl2N2O2S. The summed E-state index contributed by atoms with van der Waals surface area (Å²) in [5.74, 6) is 0. The summed E-state index contributed by atoms with van der Waals surface area (Å²) in [4.78, 5) is 2.61. The molecule has 1 aliphatic rings. The lowest BCUT2D eigenvalue weighted by atomic mass is 10.2. The van der Waals surface area contributed by atoms with E-state index in [9.17, 15) is 8.42 Å². The number of nitrogens with zero attached hydrogens (tertiary/aromatic N) is 2. The molecule has 0 saturated carbocycles. The fourth-order valence-electron chi connectivity index (χ4n) is 2.47. The number of benzene rings is 1. The zero-order valence-corrected chi connectivity index (χ0v) is 14.9. The van der Waals surface area contributed by atoms with Gasteiger partial charge in [0.25, 0.3) is 0 Å². The summed E-state index contributed by atoms with van der Waals surface area (Å²) >= 11 is 6.03. The Morgan fingerprint density at radius 2 is 1.71 bits per heavy atom. The van der Waals surface area contributed by atoms with Gasteiger partial charge in [0.2, 0.25) is 10.0 Å². The fourth-order valence-corrected chi connectivity index (χ4v) is 4.37. The molecule has 0 amide bonds. The highest BCUT2D eigenvalue weighted by molar-refractivity contribution is 7.89. The van der Waals surface area contributed by atoms with E-state index >= 15 is 0 Å². The molecule has 7 heteroatoms. The summed E-state index contributed by atoms with van der Waals surface area (Å²) in [6, 6.07) is 5.48. The van der Waals surface area contributed by atoms with E-state index in [1.165, 1.54) is 0 Å². The first-order valence-corrected chi connectivity index (χ1v) is 8.65. The van der Waals surface area contributed by atoms with E-state index in [-0.39, 0.29) is 12.4 Å². The Hall–Kier alpha value is -0.330. The summed E-state index contributed by atoms with van der Waals surface area (Å²) in [6.45, 7) is 8.63. The van der Waals surface area contributed by atoms with Gasteiger partial charge in [-0.15, -0.1) is 12.4 Å². The van der Waals surface area contributed by atoms with Crippen molar-refractivity contribution in [2.45, 2.75) is 31.7 Å². The van der Waals surface area contributed by atoms with Crippen LogP contribution in [-0.4, -0.2) is 49.8 Å². The summed E-state index contributed by atoms with van der Waals surface area (Å²) in [7, 11) is -3.44. The van der Waals surface area contributed by atoms with Crippen LogP contribution in [0.3, 0.4) is 0 Å². The second-order valence-electron chi connectivity index (χ2n) is 5.40. The Balaban J connectivity index is 0.00000220. The molecule has 1 aromatic carbocycles. The largest absolute Gasteiger partial charge is 0.298 e. The Labute approximate surface area is 138 Å². The van der Waals surface area contributed by atoms with Crippen LogP contribution in [-0.2, 0) is 10.0 Å². The van der Waals surface area contributed by atoms with Gasteiger partial charge in [-0.05, 0) is 38.5 Å². The van der Waals surface area contributed by atoms with Crippen molar-refractivity contribution >= 4 is 34.0 Å². The zero-order chi connectivity index (χ0) is 14.9. The number of rotatable bonds is 3. The van der Waals surface area contributed by atoms with E-state index in [0.29, 0.717) is 34.6 Å². The minimum atomic E-state index is -3.44. The third kappa shape index (κ3) is 3.90. The van der Waals surface area contributed by atoms with Crippen LogP contribution < -0.4 is 0 Å². The number of hydrogen-bond acceptors (Lipinski definition) is 3. The zero-order valence-electron chi connectivity index (χ0n) is 12.5. The maximum absolute atomic E-state index is 12.7. The van der Waals surface area contributed by atoms with Crippen LogP contribution >= 0.6 is 24.0 Å². The van der Waals surface area contributed by atoms with Gasteiger partial charge in [-0.3, -0.25) is 4.90 Å². The smallest absolute Gasteiger partial charge is 0.243 e. The van der Waals surface area contributed by atoms with Gasteiger partial charge in [-0.25, -0.2) is 8.42 Å². The Kier molecular flexibility index (Phi) is 6.50. The van der Waals surface area contributed by atoms with Crippen LogP contribution in [0.25, 0.3) is 0 Å². The molecule has 120 valence electrons. The summed E-state index contributed by atoms with van der Waals surface area (Å²) in [5, 5.41) is 0.492. The molecule has 1 aliphatic heterocycles. The Morgan fingerprint density at radius 3 is 2.24 bits per heavy atom. The van der Waals surface area contributed by atoms with Gasteiger partial charge < -0.3 is 0 Å². The average molecular weight is 353 g/mol. The van der Waals surface area contributed by atoms with Crippen LogP contribution in [0, 0.1) is 6.92 Å². The SMILES string of the molecule is Cc1c(Cl)cccc1S(=O)(=O)N1CCN(C(C)C)CC1.Cl. The molecule has 0 radical (unpaired) electrons. The van der Waals surface area contributed by atoms with Gasteiger partial charge in [0.15, 0.2) is 0 Å². The third-order valence-corrected chi connectivity index (χ3v) is 6.29. The van der Waals surface area contributed by atoms with Gasteiger partial charge in [0.05, 0.1) is 4.90 Å². The van der Waals surface area contributed by atoms with Crippen LogP contribution in [0.2, 0.25) is 5.02 Å². The van der Waals surface area contributed by atoms with E-state index in [1.807, 2.05) is 0 Å². The summed E-state index contributed by atoms with van der Waals surface area (Å²) < 4.78 is 26.9. The van der Waals surface area contributed by atoms with Crippen molar-refractivity contribution in [3.63, 3.8) is 0 Å². The normalized spacial score (nSPS) is 17.8. The van der Waals surface area contributed by atoms with E-state index in [1.54, 1.807) is 29.4 Å². The number of hydrogen-bond donors (Lipinski definition) is 0. The maximum Gasteiger partial charge on any atom is 0.243 e. The summed E-state index contributed by atoms with van der Waals surface area (Å²) in [5.41, 5.74) is 0.625. The number of halogens is 2. The lowest BCUT2D eigenvalue weighted by Crippen LogP contribution is -2.50. The van der Waals surface area contributed by atoms with Crippen LogP contribution in [0.5, 0.6) is 0 Å². The monoisotopic (exact) mass is 352 g/mol. The quantitative estimate of drug-likeness (QED) is 0.839. The van der Waals surface area contributed by atoms with E-state index in [0.717, 1.165) is 13.1 Å². The first kappa shape index (κ1) is 18.7. The molecule has 1 heterocycles. The van der Waals surface area contributed by atoms with E-state index in [2.05, 4.69) is 18.7 Å². The molecule has 1 aromatic rings. The van der Waals surface area contributed by atoms with Gasteiger partial charge >= 0.3 is 0 Å². The fraction of sp³-hybridized carbons (Fsp3) is 0.571. The molecular weight excluding hydrogens is 331 g/mol. The number of piperazine rings is 1. The van der Waals surface area contributed by atoms with Crippen LogP contribution in [0.15, 0.2) is 23.1 Å². The third-order valence-electron chi connectivity index (χ3n) is 3.84. The topological polar surface area (TPSA) is 40.6 Å². The van der Waals surface area contributed by atoms with Crippen molar-refractivity contribution in [3.05, 3.63) is 28.8 Å². The predicted octanol–water partition coefficient (Wildman–Crippen LogP) is 2.78. The molecule has 1 fully saturated rings. The van der Waals surface area contributed by atoms with E-state index < -0.39 is 10.0 Å². The van der Waals surface area contributed by atoms with Crippen molar-refractivity contribution in [1.82, 2.24) is 9.21 Å². The standard InChI is InChI=1S/C14H21ClN2O2S.ClH/c1-11(2)16-7-9-17(10-8-16)20(18,19)14-6-4-5-13(15)12(14)3;/h4-6,11H,7-10H2,1-3H3;1H. The molecule has 0 spiro atoms. The van der Waals surface area contributed by atoms with Crippen LogP contribution in [0.4, 0.5) is 0 Å². The Morgan fingerprint density at radius 1 is 1.14 bits per heavy atom. The van der Waals surface area contributed by atoms with Gasteiger partial charge in [-0.1, -0.05) is 17.7 Å². The van der Waals surface area contributed by atoms with E-state index in [4.69, 9.17) is 11.6 Å². The molecule has 4 nitrogen and oxygen atoms in total. The molecule has 0 unspecified atom stereocenters. The molecule has 21 heavy (non-hydrogen) atoms. The molecule has 0 atom stereocenters. The van der Waals surface area contributed by atoms with Crippen molar-refractivity contribution in [1.29, 1.82) is 0 Å². The molecule has 0 N–H and O–H groups in total. The Bertz CT molecular complexity index is 583. The molecule has 1 saturated heterocycles. The van der Waals surface area contributed by atoms with Crippen LogP contribution in [0.1, 0.15) is 19.4 Å². The lowest BCUT2D eigenvalue weighted by Gasteiger charge is -2.36. The number of sulfonamides is 1. The van der Waals surface area contributed by atoms with Gasteiger partial charge in [0.1, 0.15) is 0 Å². The van der Waals surface area contributed by atoms with Gasteiger partial charge in [0, 0.05) is 37.2 Å². The first-order valence-electron chi connectivity index (χ1n) is 6.83. The molecule has 0 aromatic heterocycles. The second-order valence-corrected chi connectivity index (χ2v) is 7.71. The highest BCUT2D eigenvalue weighted by Crippen LogP contribution is 2.26. The van der Waals surface area contributed by atoms with Crippen molar-refractivity contribution in [3.8, 4) is 0 Å². The van der Waals surface area contributed by atoms with Crippen molar-refractivity contribution in [2.24, 2.45) is 0 Å². The van der Waals surface area contributed by atoms with Crippen molar-refractivity contribution in [2.75, 3.05) is 26.2 Å². The van der Waals surface area contributed by atoms with Crippen molar-refractivity contribution < 1.29 is 8.42 Å². The predicted molar refractivity (Wildman–Crippen MR) is 88.9 cm³/mol. The van der Waals surface area contributed by atoms with Gasteiger partial charge in [-0.2, -0.15) is 4.31 Å². The highest BCUT2D eigenvalue weighted by atomic mass is 35.5.